The molecule has 0 saturated carbocycles. The second kappa shape index (κ2) is 7.50. The molecule has 1 fully saturated rings. The fourth-order valence-electron chi connectivity index (χ4n) is 2.89. The van der Waals surface area contributed by atoms with Crippen molar-refractivity contribution in [2.24, 2.45) is 0 Å². The summed E-state index contributed by atoms with van der Waals surface area (Å²) in [6, 6.07) is 6.07. The van der Waals surface area contributed by atoms with Gasteiger partial charge in [-0.2, -0.15) is 0 Å². The molecule has 112 valence electrons. The Labute approximate surface area is 121 Å². The zero-order valence-corrected chi connectivity index (χ0v) is 12.3. The van der Waals surface area contributed by atoms with Crippen LogP contribution in [0.5, 0.6) is 5.75 Å². The molecule has 4 heteroatoms. The van der Waals surface area contributed by atoms with E-state index in [1.54, 1.807) is 0 Å². The van der Waals surface area contributed by atoms with Crippen molar-refractivity contribution >= 4 is 5.69 Å². The number of anilines is 1. The lowest BCUT2D eigenvalue weighted by Crippen LogP contribution is -2.37. The minimum Gasteiger partial charge on any atom is -0.494 e. The number of nitrogens with zero attached hydrogens (tertiary/aromatic N) is 1. The number of rotatable bonds is 5. The number of ether oxygens (including phenoxy) is 1. The van der Waals surface area contributed by atoms with Gasteiger partial charge in [-0.15, -0.1) is 0 Å². The fraction of sp³-hybridized carbons (Fsp3) is 0.625. The Morgan fingerprint density at radius 1 is 1.35 bits per heavy atom. The van der Waals surface area contributed by atoms with Gasteiger partial charge in [0, 0.05) is 23.8 Å². The van der Waals surface area contributed by atoms with Crippen LogP contribution < -0.4 is 10.5 Å². The number of hydrogen-bond acceptors (Lipinski definition) is 4. The summed E-state index contributed by atoms with van der Waals surface area (Å²) in [5.41, 5.74) is 7.78. The summed E-state index contributed by atoms with van der Waals surface area (Å²) >= 11 is 0. The summed E-state index contributed by atoms with van der Waals surface area (Å²) in [5, 5.41) is 9.59. The third-order valence-electron chi connectivity index (χ3n) is 3.97. The number of aliphatic hydroxyl groups is 1. The van der Waals surface area contributed by atoms with Gasteiger partial charge in [-0.3, -0.25) is 4.90 Å². The maximum atomic E-state index is 9.59. The first-order chi connectivity index (χ1) is 9.74. The van der Waals surface area contributed by atoms with Crippen LogP contribution in [0, 0.1) is 0 Å². The largest absolute Gasteiger partial charge is 0.494 e. The van der Waals surface area contributed by atoms with Crippen molar-refractivity contribution in [3.8, 4) is 5.75 Å². The summed E-state index contributed by atoms with van der Waals surface area (Å²) in [4.78, 5) is 2.37. The second-order valence-electron chi connectivity index (χ2n) is 5.46. The Kier molecular flexibility index (Phi) is 5.68. The number of likely N-dealkylation sites (tertiary alicyclic amines) is 1. The van der Waals surface area contributed by atoms with Crippen LogP contribution in [0.1, 0.15) is 38.2 Å². The van der Waals surface area contributed by atoms with Crippen LogP contribution in [-0.2, 0) is 6.54 Å². The van der Waals surface area contributed by atoms with Crippen LogP contribution in [0.3, 0.4) is 0 Å². The highest BCUT2D eigenvalue weighted by atomic mass is 16.5. The summed E-state index contributed by atoms with van der Waals surface area (Å²) in [6.07, 6.45) is 4.73. The maximum Gasteiger partial charge on any atom is 0.123 e. The Balaban J connectivity index is 2.15. The lowest BCUT2D eigenvalue weighted by molar-refractivity contribution is 0.117. The number of benzene rings is 1. The number of nitrogens with two attached hydrogens (primary N) is 1. The third kappa shape index (κ3) is 3.87. The van der Waals surface area contributed by atoms with E-state index < -0.39 is 0 Å². The molecule has 2 rings (SSSR count). The lowest BCUT2D eigenvalue weighted by atomic mass is 10.1. The van der Waals surface area contributed by atoms with E-state index in [4.69, 9.17) is 10.5 Å². The molecule has 1 heterocycles. The molecule has 0 aromatic heterocycles. The first kappa shape index (κ1) is 15.1. The molecule has 0 spiro atoms. The molecule has 0 bridgehead atoms. The van der Waals surface area contributed by atoms with E-state index in [0.717, 1.165) is 36.5 Å². The molecular weight excluding hydrogens is 252 g/mol. The molecule has 1 aliphatic heterocycles. The first-order valence-corrected chi connectivity index (χ1v) is 7.60. The molecule has 1 aromatic rings. The van der Waals surface area contributed by atoms with Gasteiger partial charge in [0.05, 0.1) is 13.2 Å². The van der Waals surface area contributed by atoms with E-state index in [0.29, 0.717) is 6.61 Å². The van der Waals surface area contributed by atoms with Gasteiger partial charge in [-0.05, 0) is 44.5 Å². The minimum absolute atomic E-state index is 0.228. The van der Waals surface area contributed by atoms with Crippen LogP contribution in [0.4, 0.5) is 5.69 Å². The molecule has 1 atom stereocenters. The number of hydrogen-bond donors (Lipinski definition) is 2. The van der Waals surface area contributed by atoms with Crippen LogP contribution in [0.2, 0.25) is 0 Å². The van der Waals surface area contributed by atoms with E-state index in [-0.39, 0.29) is 12.6 Å². The molecule has 0 aliphatic carbocycles. The van der Waals surface area contributed by atoms with Crippen LogP contribution in [-0.4, -0.2) is 35.8 Å². The summed E-state index contributed by atoms with van der Waals surface area (Å²) in [5.74, 6) is 0.905. The summed E-state index contributed by atoms with van der Waals surface area (Å²) < 4.78 is 5.69. The van der Waals surface area contributed by atoms with Gasteiger partial charge in [0.25, 0.3) is 0 Å². The summed E-state index contributed by atoms with van der Waals surface area (Å²) in [6.45, 7) is 4.70. The molecule has 4 nitrogen and oxygen atoms in total. The summed E-state index contributed by atoms with van der Waals surface area (Å²) in [7, 11) is 0. The van der Waals surface area contributed by atoms with Gasteiger partial charge in [0.15, 0.2) is 0 Å². The molecule has 1 unspecified atom stereocenters. The highest BCUT2D eigenvalue weighted by molar-refractivity contribution is 5.47. The van der Waals surface area contributed by atoms with E-state index >= 15 is 0 Å². The fourth-order valence-corrected chi connectivity index (χ4v) is 2.89. The van der Waals surface area contributed by atoms with Gasteiger partial charge >= 0.3 is 0 Å². The number of aliphatic hydroxyl groups excluding tert-OH is 1. The SMILES string of the molecule is CCOc1ccc(N)cc1CN1CCCCCC1CO. The monoisotopic (exact) mass is 278 g/mol. The van der Waals surface area contributed by atoms with Crippen molar-refractivity contribution in [2.75, 3.05) is 25.5 Å². The van der Waals surface area contributed by atoms with Crippen molar-refractivity contribution < 1.29 is 9.84 Å². The smallest absolute Gasteiger partial charge is 0.123 e. The molecule has 1 aliphatic rings. The lowest BCUT2D eigenvalue weighted by Gasteiger charge is -2.29. The molecular formula is C16H26N2O2. The zero-order valence-electron chi connectivity index (χ0n) is 12.3. The molecule has 3 N–H and O–H groups in total. The van der Waals surface area contributed by atoms with Crippen LogP contribution in [0.25, 0.3) is 0 Å². The Morgan fingerprint density at radius 2 is 2.20 bits per heavy atom. The van der Waals surface area contributed by atoms with Crippen molar-refractivity contribution in [1.82, 2.24) is 4.90 Å². The van der Waals surface area contributed by atoms with Gasteiger partial charge in [-0.25, -0.2) is 0 Å². The first-order valence-electron chi connectivity index (χ1n) is 7.60. The van der Waals surface area contributed by atoms with Crippen LogP contribution in [0.15, 0.2) is 18.2 Å². The topological polar surface area (TPSA) is 58.7 Å². The minimum atomic E-state index is 0.228. The third-order valence-corrected chi connectivity index (χ3v) is 3.97. The van der Waals surface area contributed by atoms with Crippen molar-refractivity contribution in [3.63, 3.8) is 0 Å². The van der Waals surface area contributed by atoms with Gasteiger partial charge < -0.3 is 15.6 Å². The van der Waals surface area contributed by atoms with E-state index in [1.165, 1.54) is 19.3 Å². The van der Waals surface area contributed by atoms with E-state index in [1.807, 2.05) is 25.1 Å². The van der Waals surface area contributed by atoms with E-state index in [9.17, 15) is 5.11 Å². The Bertz CT molecular complexity index is 423. The Morgan fingerprint density at radius 3 is 2.95 bits per heavy atom. The Hall–Kier alpha value is -1.26. The number of nitrogen functional groups attached to an aromatic ring is 1. The van der Waals surface area contributed by atoms with Gasteiger partial charge in [0.1, 0.15) is 5.75 Å². The normalized spacial score (nSPS) is 20.6. The second-order valence-corrected chi connectivity index (χ2v) is 5.46. The maximum absolute atomic E-state index is 9.59. The van der Waals surface area contributed by atoms with Crippen molar-refractivity contribution in [1.29, 1.82) is 0 Å². The predicted molar refractivity (Wildman–Crippen MR) is 81.8 cm³/mol. The molecule has 0 amide bonds. The zero-order chi connectivity index (χ0) is 14.4. The predicted octanol–water partition coefficient (Wildman–Crippen LogP) is 2.40. The highest BCUT2D eigenvalue weighted by Gasteiger charge is 2.21. The average Bonchev–Trinajstić information content (AvgIpc) is 2.67. The van der Waals surface area contributed by atoms with Crippen LogP contribution >= 0.6 is 0 Å². The molecule has 0 radical (unpaired) electrons. The van der Waals surface area contributed by atoms with Gasteiger partial charge in [0.2, 0.25) is 0 Å². The quantitative estimate of drug-likeness (QED) is 0.812. The molecule has 1 saturated heterocycles. The highest BCUT2D eigenvalue weighted by Crippen LogP contribution is 2.26. The molecule has 20 heavy (non-hydrogen) atoms. The van der Waals surface area contributed by atoms with Crippen molar-refractivity contribution in [2.45, 2.75) is 45.2 Å². The molecule has 1 aromatic carbocycles. The average molecular weight is 278 g/mol. The standard InChI is InChI=1S/C16H26N2O2/c1-2-20-16-8-7-14(17)10-13(16)11-18-9-5-3-4-6-15(18)12-19/h7-8,10,15,19H,2-6,9,11-12,17H2,1H3. The van der Waals surface area contributed by atoms with E-state index in [2.05, 4.69) is 4.90 Å². The van der Waals surface area contributed by atoms with Gasteiger partial charge in [-0.1, -0.05) is 12.8 Å². The van der Waals surface area contributed by atoms with Crippen molar-refractivity contribution in [3.05, 3.63) is 23.8 Å².